The predicted octanol–water partition coefficient (Wildman–Crippen LogP) is 1.42. The summed E-state index contributed by atoms with van der Waals surface area (Å²) >= 11 is 0. The normalized spacial score (nSPS) is 34.2. The highest BCUT2D eigenvalue weighted by atomic mass is 16.5. The van der Waals surface area contributed by atoms with Crippen LogP contribution in [0.25, 0.3) is 0 Å². The van der Waals surface area contributed by atoms with Crippen molar-refractivity contribution in [3.63, 3.8) is 0 Å². The van der Waals surface area contributed by atoms with Crippen LogP contribution in [0.3, 0.4) is 0 Å². The van der Waals surface area contributed by atoms with Crippen molar-refractivity contribution in [3.05, 3.63) is 12.2 Å². The number of hydrogen-bond donors (Lipinski definition) is 0. The molecule has 0 aromatic carbocycles. The van der Waals surface area contributed by atoms with Gasteiger partial charge in [0.2, 0.25) is 5.91 Å². The second kappa shape index (κ2) is 4.43. The number of amides is 2. The molecular weight excluding hydrogens is 258 g/mol. The number of β-lactam (4-membered cyclic amide) rings is 1. The summed E-state index contributed by atoms with van der Waals surface area (Å²) in [6, 6.07) is 0. The molecule has 1 spiro atoms. The minimum Gasteiger partial charge on any atom is -0.452 e. The Kier molecular flexibility index (Phi) is 2.96. The number of carbonyl (C=O) groups excluding carboxylic acids is 3. The van der Waals surface area contributed by atoms with Crippen molar-refractivity contribution in [2.45, 2.75) is 44.6 Å². The average Bonchev–Trinajstić information content (AvgIpc) is 2.96. The molecule has 3 rings (SSSR count). The summed E-state index contributed by atoms with van der Waals surface area (Å²) in [5.74, 6) is -0.00185. The Labute approximate surface area is 117 Å². The number of hydrogen-bond acceptors (Lipinski definition) is 4. The van der Waals surface area contributed by atoms with Crippen LogP contribution in [0.15, 0.2) is 12.2 Å². The Balaban J connectivity index is 1.66. The number of imide groups is 1. The topological polar surface area (TPSA) is 63.7 Å². The van der Waals surface area contributed by atoms with Gasteiger partial charge in [0.15, 0.2) is 6.61 Å². The van der Waals surface area contributed by atoms with Crippen molar-refractivity contribution in [3.8, 4) is 0 Å². The maximum Gasteiger partial charge on any atom is 0.333 e. The SMILES string of the molecule is C=C(C)C(=O)OCC(=O)N1C(=O)CC12CC1CCC2C1. The van der Waals surface area contributed by atoms with Gasteiger partial charge in [0.05, 0.1) is 12.0 Å². The van der Waals surface area contributed by atoms with E-state index >= 15 is 0 Å². The Morgan fingerprint density at radius 2 is 2.20 bits per heavy atom. The van der Waals surface area contributed by atoms with Crippen LogP contribution in [0.2, 0.25) is 0 Å². The number of likely N-dealkylation sites (tertiary alicyclic amines) is 1. The number of ether oxygens (including phenoxy) is 1. The van der Waals surface area contributed by atoms with Crippen LogP contribution in [0.4, 0.5) is 0 Å². The van der Waals surface area contributed by atoms with E-state index in [9.17, 15) is 14.4 Å². The molecule has 108 valence electrons. The molecule has 2 saturated carbocycles. The molecule has 3 unspecified atom stereocenters. The molecule has 5 heteroatoms. The van der Waals surface area contributed by atoms with Crippen LogP contribution < -0.4 is 0 Å². The van der Waals surface area contributed by atoms with Crippen LogP contribution >= 0.6 is 0 Å². The first-order valence-electron chi connectivity index (χ1n) is 7.12. The zero-order valence-electron chi connectivity index (χ0n) is 11.7. The van der Waals surface area contributed by atoms with Crippen molar-refractivity contribution in [1.82, 2.24) is 4.90 Å². The summed E-state index contributed by atoms with van der Waals surface area (Å²) in [6.45, 7) is 4.62. The highest BCUT2D eigenvalue weighted by Crippen LogP contribution is 2.58. The fourth-order valence-corrected chi connectivity index (χ4v) is 4.18. The minimum absolute atomic E-state index is 0.131. The Morgan fingerprint density at radius 3 is 2.70 bits per heavy atom. The molecule has 3 aliphatic rings. The summed E-state index contributed by atoms with van der Waals surface area (Å²) in [6.07, 6.45) is 4.86. The van der Waals surface area contributed by atoms with Gasteiger partial charge in [-0.25, -0.2) is 4.79 Å². The van der Waals surface area contributed by atoms with Crippen molar-refractivity contribution >= 4 is 17.8 Å². The molecule has 2 aliphatic carbocycles. The second-order valence-corrected chi connectivity index (χ2v) is 6.34. The van der Waals surface area contributed by atoms with Crippen molar-refractivity contribution < 1.29 is 19.1 Å². The third-order valence-electron chi connectivity index (χ3n) is 5.02. The van der Waals surface area contributed by atoms with Crippen molar-refractivity contribution in [1.29, 1.82) is 0 Å². The van der Waals surface area contributed by atoms with Gasteiger partial charge in [-0.3, -0.25) is 14.5 Å². The van der Waals surface area contributed by atoms with Gasteiger partial charge in [-0.05, 0) is 44.4 Å². The molecule has 3 fully saturated rings. The summed E-state index contributed by atoms with van der Waals surface area (Å²) in [5.41, 5.74) is -0.00503. The summed E-state index contributed by atoms with van der Waals surface area (Å²) in [5, 5.41) is 0. The van der Waals surface area contributed by atoms with E-state index in [-0.39, 0.29) is 29.5 Å². The molecule has 1 aliphatic heterocycles. The molecular formula is C15H19NO4. The first kappa shape index (κ1) is 13.3. The van der Waals surface area contributed by atoms with E-state index in [1.165, 1.54) is 18.2 Å². The van der Waals surface area contributed by atoms with Gasteiger partial charge < -0.3 is 4.74 Å². The largest absolute Gasteiger partial charge is 0.452 e. The van der Waals surface area contributed by atoms with Gasteiger partial charge in [-0.1, -0.05) is 6.58 Å². The molecule has 1 heterocycles. The summed E-state index contributed by atoms with van der Waals surface area (Å²) in [4.78, 5) is 36.7. The molecule has 20 heavy (non-hydrogen) atoms. The standard InChI is InChI=1S/C15H19NO4/c1-9(2)14(19)20-8-13(18)16-12(17)7-15(16)6-10-3-4-11(15)5-10/h10-11H,1,3-8H2,2H3. The van der Waals surface area contributed by atoms with E-state index in [1.54, 1.807) is 0 Å². The third kappa shape index (κ3) is 1.79. The summed E-state index contributed by atoms with van der Waals surface area (Å²) in [7, 11) is 0. The molecule has 0 aromatic rings. The lowest BCUT2D eigenvalue weighted by atomic mass is 9.71. The average molecular weight is 277 g/mol. The number of esters is 1. The van der Waals surface area contributed by atoms with Gasteiger partial charge >= 0.3 is 5.97 Å². The van der Waals surface area contributed by atoms with Gasteiger partial charge in [-0.2, -0.15) is 0 Å². The van der Waals surface area contributed by atoms with E-state index in [4.69, 9.17) is 4.74 Å². The number of rotatable bonds is 3. The van der Waals surface area contributed by atoms with E-state index in [2.05, 4.69) is 6.58 Å². The monoisotopic (exact) mass is 277 g/mol. The number of fused-ring (bicyclic) bond motifs is 3. The van der Waals surface area contributed by atoms with E-state index in [0.29, 0.717) is 18.3 Å². The zero-order chi connectivity index (χ0) is 14.5. The quantitative estimate of drug-likeness (QED) is 0.444. The molecule has 2 bridgehead atoms. The Bertz CT molecular complexity index is 512. The first-order valence-corrected chi connectivity index (χ1v) is 7.12. The van der Waals surface area contributed by atoms with Crippen LogP contribution in [0.1, 0.15) is 39.0 Å². The third-order valence-corrected chi connectivity index (χ3v) is 5.02. The minimum atomic E-state index is -0.590. The smallest absolute Gasteiger partial charge is 0.333 e. The highest BCUT2D eigenvalue weighted by Gasteiger charge is 2.63. The Morgan fingerprint density at radius 1 is 1.45 bits per heavy atom. The first-order chi connectivity index (χ1) is 9.44. The predicted molar refractivity (Wildman–Crippen MR) is 70.4 cm³/mol. The lowest BCUT2D eigenvalue weighted by Gasteiger charge is -2.53. The molecule has 0 N–H and O–H groups in total. The van der Waals surface area contributed by atoms with Gasteiger partial charge in [0.1, 0.15) is 0 Å². The van der Waals surface area contributed by atoms with Crippen molar-refractivity contribution in [2.75, 3.05) is 6.61 Å². The Hall–Kier alpha value is -1.65. The molecule has 2 amide bonds. The lowest BCUT2D eigenvalue weighted by molar-refractivity contribution is -0.177. The van der Waals surface area contributed by atoms with E-state index in [1.807, 2.05) is 0 Å². The number of carbonyl (C=O) groups is 3. The molecule has 0 aromatic heterocycles. The maximum absolute atomic E-state index is 12.2. The highest BCUT2D eigenvalue weighted by molar-refractivity contribution is 6.03. The van der Waals surface area contributed by atoms with Crippen molar-refractivity contribution in [2.24, 2.45) is 11.8 Å². The van der Waals surface area contributed by atoms with Crippen LogP contribution in [0, 0.1) is 11.8 Å². The zero-order valence-corrected chi connectivity index (χ0v) is 11.7. The van der Waals surface area contributed by atoms with E-state index < -0.39 is 5.97 Å². The van der Waals surface area contributed by atoms with Crippen LogP contribution in [-0.4, -0.2) is 34.8 Å². The van der Waals surface area contributed by atoms with E-state index in [0.717, 1.165) is 19.3 Å². The summed E-state index contributed by atoms with van der Waals surface area (Å²) < 4.78 is 4.87. The van der Waals surface area contributed by atoms with Crippen LogP contribution in [-0.2, 0) is 19.1 Å². The molecule has 3 atom stereocenters. The fraction of sp³-hybridized carbons (Fsp3) is 0.667. The molecule has 5 nitrogen and oxygen atoms in total. The molecule has 0 radical (unpaired) electrons. The van der Waals surface area contributed by atoms with Crippen LogP contribution in [0.5, 0.6) is 0 Å². The van der Waals surface area contributed by atoms with Gasteiger partial charge in [0.25, 0.3) is 5.91 Å². The van der Waals surface area contributed by atoms with Gasteiger partial charge in [0, 0.05) is 5.57 Å². The van der Waals surface area contributed by atoms with Gasteiger partial charge in [-0.15, -0.1) is 0 Å². The lowest BCUT2D eigenvalue weighted by Crippen LogP contribution is -2.68. The second-order valence-electron chi connectivity index (χ2n) is 6.34. The maximum atomic E-state index is 12.2. The molecule has 1 saturated heterocycles. The number of nitrogens with zero attached hydrogens (tertiary/aromatic N) is 1. The fourth-order valence-electron chi connectivity index (χ4n) is 4.18.